The largest absolute Gasteiger partial charge is 0.398 e. The van der Waals surface area contributed by atoms with Crippen molar-refractivity contribution in [1.29, 1.82) is 0 Å². The Morgan fingerprint density at radius 3 is 2.75 bits per heavy atom. The average Bonchev–Trinajstić information content (AvgIpc) is 2.43. The Morgan fingerprint density at radius 1 is 1.40 bits per heavy atom. The quantitative estimate of drug-likeness (QED) is 0.814. The van der Waals surface area contributed by atoms with Crippen molar-refractivity contribution in [3.63, 3.8) is 0 Å². The lowest BCUT2D eigenvalue weighted by Gasteiger charge is -2.31. The summed E-state index contributed by atoms with van der Waals surface area (Å²) in [6.07, 6.45) is 3.43. The van der Waals surface area contributed by atoms with Gasteiger partial charge in [0, 0.05) is 37.1 Å². The van der Waals surface area contributed by atoms with E-state index in [2.05, 4.69) is 17.1 Å². The van der Waals surface area contributed by atoms with Crippen LogP contribution in [0.2, 0.25) is 0 Å². The first-order valence-corrected chi connectivity index (χ1v) is 7.06. The predicted octanol–water partition coefficient (Wildman–Crippen LogP) is 0.0310. The number of nitrogens with two attached hydrogens (primary N) is 1. The number of carbonyl (C=O) groups is 1. The van der Waals surface area contributed by atoms with Gasteiger partial charge in [0.2, 0.25) is 5.91 Å². The summed E-state index contributed by atoms with van der Waals surface area (Å²) < 4.78 is 1.34. The van der Waals surface area contributed by atoms with E-state index in [1.165, 1.54) is 22.9 Å². The lowest BCUT2D eigenvalue weighted by molar-refractivity contribution is -0.122. The number of nitrogens with zero attached hydrogens (tertiary/aromatic N) is 2. The van der Waals surface area contributed by atoms with Crippen LogP contribution in [0.5, 0.6) is 0 Å². The van der Waals surface area contributed by atoms with Crippen molar-refractivity contribution in [2.45, 2.75) is 32.4 Å². The smallest absolute Gasteiger partial charge is 0.251 e. The predicted molar refractivity (Wildman–Crippen MR) is 78.4 cm³/mol. The fourth-order valence-electron chi connectivity index (χ4n) is 2.49. The van der Waals surface area contributed by atoms with E-state index in [0.29, 0.717) is 5.69 Å². The van der Waals surface area contributed by atoms with Gasteiger partial charge in [-0.25, -0.2) is 0 Å². The second-order valence-corrected chi connectivity index (χ2v) is 5.20. The minimum atomic E-state index is -0.213. The zero-order chi connectivity index (χ0) is 14.5. The fraction of sp³-hybridized carbons (Fsp3) is 0.571. The van der Waals surface area contributed by atoms with Crippen LogP contribution in [0.15, 0.2) is 23.1 Å². The van der Waals surface area contributed by atoms with E-state index >= 15 is 0 Å². The van der Waals surface area contributed by atoms with Gasteiger partial charge in [-0.15, -0.1) is 0 Å². The van der Waals surface area contributed by atoms with E-state index in [0.717, 1.165) is 32.5 Å². The van der Waals surface area contributed by atoms with Crippen LogP contribution in [0.4, 0.5) is 5.69 Å². The first-order valence-electron chi connectivity index (χ1n) is 7.06. The number of hydrogen-bond acceptors (Lipinski definition) is 4. The van der Waals surface area contributed by atoms with Crippen LogP contribution in [0.3, 0.4) is 0 Å². The zero-order valence-corrected chi connectivity index (χ0v) is 11.8. The molecule has 110 valence electrons. The summed E-state index contributed by atoms with van der Waals surface area (Å²) in [6, 6.07) is 3.13. The van der Waals surface area contributed by atoms with Gasteiger partial charge in [-0.2, -0.15) is 0 Å². The van der Waals surface area contributed by atoms with Crippen LogP contribution in [0.1, 0.15) is 19.8 Å². The van der Waals surface area contributed by atoms with Gasteiger partial charge in [0.1, 0.15) is 6.54 Å². The molecule has 6 heteroatoms. The molecule has 0 unspecified atom stereocenters. The molecular formula is C14H22N4O2. The number of anilines is 1. The molecule has 0 saturated carbocycles. The van der Waals surface area contributed by atoms with Crippen LogP contribution < -0.4 is 16.6 Å². The van der Waals surface area contributed by atoms with Gasteiger partial charge >= 0.3 is 0 Å². The van der Waals surface area contributed by atoms with Crippen LogP contribution in [-0.4, -0.2) is 41.1 Å². The summed E-state index contributed by atoms with van der Waals surface area (Å²) in [6.45, 7) is 5.25. The molecule has 20 heavy (non-hydrogen) atoms. The SMILES string of the molecule is CCN1CCC(NC(=O)Cn2cc(N)ccc2=O)CC1. The Hall–Kier alpha value is -1.82. The molecule has 0 bridgehead atoms. The van der Waals surface area contributed by atoms with Gasteiger partial charge in [0.15, 0.2) is 0 Å². The van der Waals surface area contributed by atoms with Crippen LogP contribution in [0.25, 0.3) is 0 Å². The van der Waals surface area contributed by atoms with Crippen LogP contribution in [0, 0.1) is 0 Å². The van der Waals surface area contributed by atoms with Crippen molar-refractivity contribution < 1.29 is 4.79 Å². The molecule has 3 N–H and O–H groups in total. The van der Waals surface area contributed by atoms with E-state index in [-0.39, 0.29) is 24.1 Å². The molecule has 0 spiro atoms. The van der Waals surface area contributed by atoms with Crippen molar-refractivity contribution >= 4 is 11.6 Å². The topological polar surface area (TPSA) is 80.4 Å². The van der Waals surface area contributed by atoms with Gasteiger partial charge in [-0.3, -0.25) is 9.59 Å². The van der Waals surface area contributed by atoms with Crippen molar-refractivity contribution in [3.8, 4) is 0 Å². The second-order valence-electron chi connectivity index (χ2n) is 5.20. The van der Waals surface area contributed by atoms with E-state index < -0.39 is 0 Å². The number of likely N-dealkylation sites (tertiary alicyclic amines) is 1. The molecule has 1 aromatic heterocycles. The molecule has 0 aromatic carbocycles. The number of rotatable bonds is 4. The third kappa shape index (κ3) is 3.84. The number of piperidine rings is 1. The molecule has 1 fully saturated rings. The summed E-state index contributed by atoms with van der Waals surface area (Å²) in [4.78, 5) is 25.9. The highest BCUT2D eigenvalue weighted by molar-refractivity contribution is 5.76. The van der Waals surface area contributed by atoms with Crippen LogP contribution in [-0.2, 0) is 11.3 Å². The van der Waals surface area contributed by atoms with E-state index in [4.69, 9.17) is 5.73 Å². The summed E-state index contributed by atoms with van der Waals surface area (Å²) >= 11 is 0. The first-order chi connectivity index (χ1) is 9.58. The third-order valence-electron chi connectivity index (χ3n) is 3.72. The van der Waals surface area contributed by atoms with Crippen LogP contribution >= 0.6 is 0 Å². The maximum Gasteiger partial charge on any atom is 0.251 e. The minimum absolute atomic E-state index is 0.0257. The summed E-state index contributed by atoms with van der Waals surface area (Å²) in [5, 5.41) is 2.99. The Morgan fingerprint density at radius 2 is 2.10 bits per heavy atom. The number of hydrogen-bond donors (Lipinski definition) is 2. The van der Waals surface area contributed by atoms with Crippen molar-refractivity contribution in [1.82, 2.24) is 14.8 Å². The standard InChI is InChI=1S/C14H22N4O2/c1-2-17-7-5-12(6-8-17)16-13(19)10-18-9-11(15)3-4-14(18)20/h3-4,9,12H,2,5-8,10,15H2,1H3,(H,16,19). The number of amides is 1. The molecule has 1 aromatic rings. The van der Waals surface area contributed by atoms with Gasteiger partial charge < -0.3 is 20.5 Å². The van der Waals surface area contributed by atoms with Crippen molar-refractivity contribution in [2.24, 2.45) is 0 Å². The molecule has 0 atom stereocenters. The number of nitrogens with one attached hydrogen (secondary N) is 1. The lowest BCUT2D eigenvalue weighted by atomic mass is 10.1. The van der Waals surface area contributed by atoms with Gasteiger partial charge in [-0.1, -0.05) is 6.92 Å². The number of carbonyl (C=O) groups excluding carboxylic acids is 1. The molecule has 1 saturated heterocycles. The van der Waals surface area contributed by atoms with E-state index in [1.807, 2.05) is 0 Å². The third-order valence-corrected chi connectivity index (χ3v) is 3.72. The summed E-state index contributed by atoms with van der Waals surface area (Å²) in [5.74, 6) is -0.132. The first kappa shape index (κ1) is 14.6. The normalized spacial score (nSPS) is 17.1. The van der Waals surface area contributed by atoms with E-state index in [1.54, 1.807) is 0 Å². The Kier molecular flexibility index (Phi) is 4.79. The molecular weight excluding hydrogens is 256 g/mol. The number of nitrogen functional groups attached to an aromatic ring is 1. The zero-order valence-electron chi connectivity index (χ0n) is 11.8. The molecule has 0 aliphatic carbocycles. The maximum atomic E-state index is 12.0. The number of pyridine rings is 1. The lowest BCUT2D eigenvalue weighted by Crippen LogP contribution is -2.45. The molecule has 1 aliphatic heterocycles. The molecule has 0 radical (unpaired) electrons. The second kappa shape index (κ2) is 6.56. The van der Waals surface area contributed by atoms with E-state index in [9.17, 15) is 9.59 Å². The highest BCUT2D eigenvalue weighted by atomic mass is 16.2. The van der Waals surface area contributed by atoms with Gasteiger partial charge in [0.05, 0.1) is 0 Å². The molecule has 2 heterocycles. The molecule has 1 amide bonds. The highest BCUT2D eigenvalue weighted by Crippen LogP contribution is 2.09. The minimum Gasteiger partial charge on any atom is -0.398 e. The fourth-order valence-corrected chi connectivity index (χ4v) is 2.49. The molecule has 1 aliphatic rings. The number of aromatic nitrogens is 1. The van der Waals surface area contributed by atoms with Gasteiger partial charge in [0.25, 0.3) is 5.56 Å². The monoisotopic (exact) mass is 278 g/mol. The Labute approximate surface area is 118 Å². The molecule has 2 rings (SSSR count). The Bertz CT molecular complexity index is 518. The maximum absolute atomic E-state index is 12.0. The van der Waals surface area contributed by atoms with Crippen molar-refractivity contribution in [3.05, 3.63) is 28.7 Å². The summed E-state index contributed by atoms with van der Waals surface area (Å²) in [7, 11) is 0. The molecule has 6 nitrogen and oxygen atoms in total. The summed E-state index contributed by atoms with van der Waals surface area (Å²) in [5.41, 5.74) is 5.89. The van der Waals surface area contributed by atoms with Crippen molar-refractivity contribution in [2.75, 3.05) is 25.4 Å². The average molecular weight is 278 g/mol. The highest BCUT2D eigenvalue weighted by Gasteiger charge is 2.19. The Balaban J connectivity index is 1.87. The van der Waals surface area contributed by atoms with Gasteiger partial charge in [-0.05, 0) is 25.5 Å².